The van der Waals surface area contributed by atoms with Gasteiger partial charge in [-0.25, -0.2) is 4.31 Å². The highest BCUT2D eigenvalue weighted by atomic mass is 32.2. The van der Waals surface area contributed by atoms with E-state index in [2.05, 4.69) is 57.8 Å². The molecule has 2 fully saturated rings. The number of nitrogens with one attached hydrogen (secondary N) is 1. The average Bonchev–Trinajstić information content (AvgIpc) is 2.96. The van der Waals surface area contributed by atoms with Crippen LogP contribution < -0.4 is 10.2 Å². The van der Waals surface area contributed by atoms with E-state index in [1.807, 2.05) is 18.2 Å². The number of anilines is 1. The summed E-state index contributed by atoms with van der Waals surface area (Å²) in [6, 6.07) is 18.9. The summed E-state index contributed by atoms with van der Waals surface area (Å²) in [5.41, 5.74) is 2.01. The molecule has 2 aliphatic rings. The van der Waals surface area contributed by atoms with E-state index in [-0.39, 0.29) is 5.91 Å². The van der Waals surface area contributed by atoms with Gasteiger partial charge in [-0.15, -0.1) is 0 Å². The van der Waals surface area contributed by atoms with Crippen LogP contribution in [0.3, 0.4) is 0 Å². The first-order valence-electron chi connectivity index (χ1n) is 8.78. The summed E-state index contributed by atoms with van der Waals surface area (Å²) in [6.45, 7) is 4.54. The van der Waals surface area contributed by atoms with Crippen molar-refractivity contribution >= 4 is 23.5 Å². The molecule has 25 heavy (non-hydrogen) atoms. The van der Waals surface area contributed by atoms with Crippen LogP contribution in [-0.4, -0.2) is 35.5 Å². The number of rotatable bonds is 3. The third kappa shape index (κ3) is 3.14. The molecule has 4 nitrogen and oxygen atoms in total. The second-order valence-electron chi connectivity index (χ2n) is 6.79. The van der Waals surface area contributed by atoms with Gasteiger partial charge < -0.3 is 10.2 Å². The van der Waals surface area contributed by atoms with Crippen LogP contribution >= 0.6 is 11.9 Å². The standard InChI is InChI=1S/C20H23N3OS/c1-16-7-9-18(10-8-16)25-22-13-11-20(12-14-22)19(24)21-15-23(20)17-5-3-2-4-6-17/h2-10H,11-15H2,1H3,(H,21,24). The first-order chi connectivity index (χ1) is 12.2. The Morgan fingerprint density at radius 1 is 1.00 bits per heavy atom. The van der Waals surface area contributed by atoms with Crippen molar-refractivity contribution in [3.63, 3.8) is 0 Å². The van der Waals surface area contributed by atoms with Crippen LogP contribution in [0.4, 0.5) is 5.69 Å². The molecule has 5 heteroatoms. The minimum atomic E-state index is -0.397. The highest BCUT2D eigenvalue weighted by Crippen LogP contribution is 2.38. The lowest BCUT2D eigenvalue weighted by Crippen LogP contribution is -2.55. The minimum absolute atomic E-state index is 0.177. The molecule has 130 valence electrons. The van der Waals surface area contributed by atoms with Gasteiger partial charge in [0.25, 0.3) is 0 Å². The van der Waals surface area contributed by atoms with E-state index >= 15 is 0 Å². The smallest absolute Gasteiger partial charge is 0.247 e. The summed E-state index contributed by atoms with van der Waals surface area (Å²) in [4.78, 5) is 16.2. The zero-order valence-corrected chi connectivity index (χ0v) is 15.3. The predicted octanol–water partition coefficient (Wildman–Crippen LogP) is 3.43. The molecule has 0 aliphatic carbocycles. The van der Waals surface area contributed by atoms with Crippen molar-refractivity contribution in [1.29, 1.82) is 0 Å². The highest BCUT2D eigenvalue weighted by molar-refractivity contribution is 7.97. The van der Waals surface area contributed by atoms with E-state index in [0.29, 0.717) is 6.67 Å². The largest absolute Gasteiger partial charge is 0.339 e. The maximum Gasteiger partial charge on any atom is 0.247 e. The molecule has 0 radical (unpaired) electrons. The fraction of sp³-hybridized carbons (Fsp3) is 0.350. The van der Waals surface area contributed by atoms with E-state index in [0.717, 1.165) is 31.6 Å². The van der Waals surface area contributed by atoms with Crippen molar-refractivity contribution in [2.75, 3.05) is 24.7 Å². The number of piperidine rings is 1. The maximum atomic E-state index is 12.7. The molecule has 2 aromatic carbocycles. The number of para-hydroxylation sites is 1. The van der Waals surface area contributed by atoms with Crippen molar-refractivity contribution in [1.82, 2.24) is 9.62 Å². The van der Waals surface area contributed by atoms with Crippen LogP contribution in [0.1, 0.15) is 18.4 Å². The van der Waals surface area contributed by atoms with Crippen molar-refractivity contribution < 1.29 is 4.79 Å². The number of amides is 1. The van der Waals surface area contributed by atoms with Crippen LogP contribution in [0.15, 0.2) is 59.5 Å². The van der Waals surface area contributed by atoms with Crippen molar-refractivity contribution in [2.45, 2.75) is 30.2 Å². The van der Waals surface area contributed by atoms with Gasteiger partial charge in [0, 0.05) is 23.7 Å². The predicted molar refractivity (Wildman–Crippen MR) is 103 cm³/mol. The molecule has 0 bridgehead atoms. The van der Waals surface area contributed by atoms with Gasteiger partial charge in [0.2, 0.25) is 5.91 Å². The van der Waals surface area contributed by atoms with E-state index in [4.69, 9.17) is 0 Å². The zero-order valence-electron chi connectivity index (χ0n) is 14.4. The maximum absolute atomic E-state index is 12.7. The fourth-order valence-corrected chi connectivity index (χ4v) is 4.65. The molecule has 1 spiro atoms. The molecular formula is C20H23N3OS. The molecule has 0 atom stereocenters. The number of carbonyl (C=O) groups is 1. The normalized spacial score (nSPS) is 20.0. The monoisotopic (exact) mass is 353 g/mol. The zero-order chi connectivity index (χ0) is 17.3. The van der Waals surface area contributed by atoms with Gasteiger partial charge in [0.15, 0.2) is 0 Å². The van der Waals surface area contributed by atoms with Gasteiger partial charge in [-0.3, -0.25) is 4.79 Å². The summed E-state index contributed by atoms with van der Waals surface area (Å²) in [5.74, 6) is 0.177. The van der Waals surface area contributed by atoms with Crippen molar-refractivity contribution in [2.24, 2.45) is 0 Å². The summed E-state index contributed by atoms with van der Waals surface area (Å²) in [5, 5.41) is 3.06. The highest BCUT2D eigenvalue weighted by Gasteiger charge is 2.50. The second-order valence-corrected chi connectivity index (χ2v) is 7.96. The van der Waals surface area contributed by atoms with Crippen LogP contribution in [0.5, 0.6) is 0 Å². The lowest BCUT2D eigenvalue weighted by atomic mass is 9.86. The molecule has 0 aromatic heterocycles. The van der Waals surface area contributed by atoms with Gasteiger partial charge in [-0.1, -0.05) is 35.9 Å². The molecule has 2 saturated heterocycles. The quantitative estimate of drug-likeness (QED) is 0.858. The molecule has 2 heterocycles. The molecule has 4 rings (SSSR count). The Morgan fingerprint density at radius 2 is 1.68 bits per heavy atom. The molecular weight excluding hydrogens is 330 g/mol. The van der Waals surface area contributed by atoms with Crippen molar-refractivity contribution in [3.05, 3.63) is 60.2 Å². The summed E-state index contributed by atoms with van der Waals surface area (Å²) < 4.78 is 2.38. The van der Waals surface area contributed by atoms with Crippen LogP contribution in [-0.2, 0) is 4.79 Å². The Labute approximate surface area is 153 Å². The number of aryl methyl sites for hydroxylation is 1. The fourth-order valence-electron chi connectivity index (χ4n) is 3.73. The SMILES string of the molecule is Cc1ccc(SN2CCC3(CC2)C(=O)NCN3c2ccccc2)cc1. The van der Waals surface area contributed by atoms with E-state index in [9.17, 15) is 4.79 Å². The number of carbonyl (C=O) groups excluding carboxylic acids is 1. The average molecular weight is 353 g/mol. The molecule has 1 amide bonds. The van der Waals surface area contributed by atoms with Gasteiger partial charge in [-0.2, -0.15) is 0 Å². The second kappa shape index (κ2) is 6.73. The summed E-state index contributed by atoms with van der Waals surface area (Å²) in [6.07, 6.45) is 1.71. The summed E-state index contributed by atoms with van der Waals surface area (Å²) in [7, 11) is 0. The van der Waals surface area contributed by atoms with Gasteiger partial charge in [0.1, 0.15) is 5.54 Å². The van der Waals surface area contributed by atoms with E-state index in [1.54, 1.807) is 11.9 Å². The van der Waals surface area contributed by atoms with Crippen molar-refractivity contribution in [3.8, 4) is 0 Å². The van der Waals surface area contributed by atoms with E-state index in [1.165, 1.54) is 10.5 Å². The van der Waals surface area contributed by atoms with E-state index < -0.39 is 5.54 Å². The third-order valence-corrected chi connectivity index (χ3v) is 6.32. The number of hydrogen-bond donors (Lipinski definition) is 1. The molecule has 0 unspecified atom stereocenters. The van der Waals surface area contributed by atoms with Gasteiger partial charge >= 0.3 is 0 Å². The Hall–Kier alpha value is -1.98. The Bertz CT molecular complexity index is 739. The Morgan fingerprint density at radius 3 is 2.36 bits per heavy atom. The third-order valence-electron chi connectivity index (χ3n) is 5.21. The molecule has 1 N–H and O–H groups in total. The number of hydrogen-bond acceptors (Lipinski definition) is 4. The summed E-state index contributed by atoms with van der Waals surface area (Å²) >= 11 is 1.80. The number of nitrogens with zero attached hydrogens (tertiary/aromatic N) is 2. The number of benzene rings is 2. The lowest BCUT2D eigenvalue weighted by Gasteiger charge is -2.42. The van der Waals surface area contributed by atoms with Crippen LogP contribution in [0, 0.1) is 6.92 Å². The molecule has 0 saturated carbocycles. The van der Waals surface area contributed by atoms with Gasteiger partial charge in [0.05, 0.1) is 6.67 Å². The first kappa shape index (κ1) is 16.5. The first-order valence-corrected chi connectivity index (χ1v) is 9.55. The molecule has 2 aliphatic heterocycles. The van der Waals surface area contributed by atoms with Crippen LogP contribution in [0.2, 0.25) is 0 Å². The van der Waals surface area contributed by atoms with Gasteiger partial charge in [-0.05, 0) is 56.0 Å². The molecule has 2 aromatic rings. The minimum Gasteiger partial charge on any atom is -0.339 e. The Kier molecular flexibility index (Phi) is 4.44. The topological polar surface area (TPSA) is 35.6 Å². The van der Waals surface area contributed by atoms with Crippen LogP contribution in [0.25, 0.3) is 0 Å². The lowest BCUT2D eigenvalue weighted by molar-refractivity contribution is -0.124. The Balaban J connectivity index is 1.47.